The van der Waals surface area contributed by atoms with Crippen LogP contribution in [0.25, 0.3) is 0 Å². The monoisotopic (exact) mass is 915 g/mol. The largest absolute Gasteiger partial charge is 0.462 e. The van der Waals surface area contributed by atoms with Crippen molar-refractivity contribution in [2.24, 2.45) is 23.7 Å². The van der Waals surface area contributed by atoms with E-state index in [4.69, 9.17) is 47.4 Å². The first-order valence-electron chi connectivity index (χ1n) is 24.0. The fourth-order valence-electron chi connectivity index (χ4n) is 11.1. The fraction of sp³-hybridized carbons (Fsp3) is 0.780. The van der Waals surface area contributed by atoms with E-state index in [0.29, 0.717) is 43.3 Å². The highest BCUT2D eigenvalue weighted by molar-refractivity contribution is 5.78. The summed E-state index contributed by atoms with van der Waals surface area (Å²) in [5.74, 6) is -2.53. The number of nitrogens with one attached hydrogen (secondary N) is 1. The van der Waals surface area contributed by atoms with Gasteiger partial charge in [0.1, 0.15) is 35.9 Å². The van der Waals surface area contributed by atoms with Crippen LogP contribution in [0.15, 0.2) is 59.3 Å². The molecule has 1 aliphatic carbocycles. The molecule has 4 fully saturated rings. The second-order valence-corrected chi connectivity index (χ2v) is 20.0. The lowest BCUT2D eigenvalue weighted by atomic mass is 9.71. The van der Waals surface area contributed by atoms with Crippen LogP contribution in [0.5, 0.6) is 0 Å². The van der Waals surface area contributed by atoms with Crippen LogP contribution in [0.1, 0.15) is 93.9 Å². The van der Waals surface area contributed by atoms with E-state index in [0.717, 1.165) is 12.0 Å². The van der Waals surface area contributed by atoms with Gasteiger partial charge in [0.15, 0.2) is 18.4 Å². The van der Waals surface area contributed by atoms with Gasteiger partial charge in [-0.2, -0.15) is 0 Å². The van der Waals surface area contributed by atoms with Gasteiger partial charge in [-0.25, -0.2) is 5.43 Å². The Labute approximate surface area is 386 Å². The molecule has 366 valence electrons. The number of fused-ring (bicyclic) bond motifs is 2. The van der Waals surface area contributed by atoms with Crippen LogP contribution in [0.2, 0.25) is 0 Å². The standard InChI is InChI=1S/C50H78N2O13/c1-13-27(2)45-30(5)19-20-49(65-45)25-36-22-35(64-49)18-17-29(4)44(28(3)15-14-16-34-26-58-47-43(53)31(6)21-37(48(54)61-36)50(34,47)55)62-41-24-39(57-12)46(33(8)60-41)63-40-23-38(56-11)42(32(7)59-40)51-52(9)10/h14-17,19-21,27-28,30,32-33,35-47,51,53,55H,13,18,22-26H2,1-12H3/b15-14+,29-17+,34-16+/t27?,28-,30-,32-,33-,35+,36-,37-,38-,39-,40-,41-,42+,43+,44-,45+,46-,47+,49+,50+/m0/s1. The average molecular weight is 915 g/mol. The van der Waals surface area contributed by atoms with Crippen molar-refractivity contribution in [1.29, 1.82) is 0 Å². The Balaban J connectivity index is 1.16. The number of nitrogens with zero attached hydrogens (tertiary/aromatic N) is 1. The first-order valence-corrected chi connectivity index (χ1v) is 24.0. The van der Waals surface area contributed by atoms with Gasteiger partial charge in [0.25, 0.3) is 0 Å². The lowest BCUT2D eigenvalue weighted by molar-refractivity contribution is -0.313. The quantitative estimate of drug-likeness (QED) is 0.144. The lowest BCUT2D eigenvalue weighted by Gasteiger charge is -2.48. The number of hydrogen-bond acceptors (Lipinski definition) is 15. The molecule has 0 saturated carbocycles. The van der Waals surface area contributed by atoms with E-state index in [2.05, 4.69) is 52.2 Å². The molecule has 65 heavy (non-hydrogen) atoms. The Morgan fingerprint density at radius 1 is 0.923 bits per heavy atom. The summed E-state index contributed by atoms with van der Waals surface area (Å²) in [5.41, 5.74) is 3.59. The van der Waals surface area contributed by atoms with Crippen molar-refractivity contribution in [3.63, 3.8) is 0 Å². The van der Waals surface area contributed by atoms with Crippen molar-refractivity contribution < 1.29 is 62.4 Å². The number of carbonyl (C=O) groups is 1. The zero-order valence-corrected chi connectivity index (χ0v) is 40.7. The Morgan fingerprint density at radius 3 is 2.34 bits per heavy atom. The molecule has 7 aliphatic rings. The highest BCUT2D eigenvalue weighted by Crippen LogP contribution is 2.47. The summed E-state index contributed by atoms with van der Waals surface area (Å²) in [6, 6.07) is -0.0391. The molecule has 0 aromatic rings. The van der Waals surface area contributed by atoms with Crippen LogP contribution < -0.4 is 5.43 Å². The van der Waals surface area contributed by atoms with E-state index in [-0.39, 0.29) is 60.9 Å². The highest BCUT2D eigenvalue weighted by atomic mass is 16.7. The maximum atomic E-state index is 14.4. The number of aliphatic hydroxyl groups is 2. The Morgan fingerprint density at radius 2 is 1.63 bits per heavy atom. The third kappa shape index (κ3) is 10.8. The van der Waals surface area contributed by atoms with Gasteiger partial charge in [-0.1, -0.05) is 70.6 Å². The fourth-order valence-corrected chi connectivity index (χ4v) is 11.1. The van der Waals surface area contributed by atoms with Crippen molar-refractivity contribution in [2.75, 3.05) is 34.9 Å². The van der Waals surface area contributed by atoms with E-state index in [1.54, 1.807) is 33.3 Å². The number of aliphatic hydroxyl groups excluding tert-OH is 1. The first kappa shape index (κ1) is 50.5. The predicted octanol–water partition coefficient (Wildman–Crippen LogP) is 5.45. The van der Waals surface area contributed by atoms with Gasteiger partial charge >= 0.3 is 5.97 Å². The minimum atomic E-state index is -1.83. The van der Waals surface area contributed by atoms with E-state index < -0.39 is 72.5 Å². The predicted molar refractivity (Wildman–Crippen MR) is 242 cm³/mol. The van der Waals surface area contributed by atoms with Gasteiger partial charge in [0.05, 0.1) is 55.4 Å². The first-order chi connectivity index (χ1) is 30.9. The molecule has 0 radical (unpaired) electrons. The van der Waals surface area contributed by atoms with Crippen LogP contribution in [0.4, 0.5) is 0 Å². The maximum absolute atomic E-state index is 14.4. The number of hydrogen-bond donors (Lipinski definition) is 3. The molecule has 0 aromatic heterocycles. The molecule has 6 heterocycles. The van der Waals surface area contributed by atoms with E-state index in [1.807, 2.05) is 51.2 Å². The molecule has 3 N–H and O–H groups in total. The number of hydrazine groups is 1. The van der Waals surface area contributed by atoms with Gasteiger partial charge in [-0.3, -0.25) is 9.80 Å². The van der Waals surface area contributed by atoms with Crippen molar-refractivity contribution in [2.45, 2.75) is 191 Å². The molecule has 15 nitrogen and oxygen atoms in total. The second-order valence-electron chi connectivity index (χ2n) is 20.0. The van der Waals surface area contributed by atoms with Crippen LogP contribution >= 0.6 is 0 Å². The van der Waals surface area contributed by atoms with Gasteiger partial charge in [0, 0.05) is 65.8 Å². The maximum Gasteiger partial charge on any atom is 0.316 e. The summed E-state index contributed by atoms with van der Waals surface area (Å²) in [6.45, 7) is 16.4. The summed E-state index contributed by atoms with van der Waals surface area (Å²) in [7, 11) is 7.29. The molecular formula is C50H78N2O13. The number of carbonyl (C=O) groups excluding carboxylic acids is 1. The van der Waals surface area contributed by atoms with Crippen LogP contribution in [-0.2, 0) is 52.2 Å². The molecule has 15 heteroatoms. The third-order valence-electron chi connectivity index (χ3n) is 15.0. The minimum Gasteiger partial charge on any atom is -0.462 e. The molecule has 4 saturated heterocycles. The zero-order chi connectivity index (χ0) is 47.0. The number of esters is 1. The number of methoxy groups -OCH3 is 2. The second kappa shape index (κ2) is 21.1. The highest BCUT2D eigenvalue weighted by Gasteiger charge is 2.60. The number of ether oxygens (including phenoxy) is 10. The summed E-state index contributed by atoms with van der Waals surface area (Å²) >= 11 is 0. The van der Waals surface area contributed by atoms with E-state index in [1.165, 1.54) is 0 Å². The molecule has 6 aliphatic heterocycles. The summed E-state index contributed by atoms with van der Waals surface area (Å²) in [5, 5.41) is 25.7. The Kier molecular flexibility index (Phi) is 16.4. The minimum absolute atomic E-state index is 0.0386. The Bertz CT molecular complexity index is 1800. The van der Waals surface area contributed by atoms with Crippen molar-refractivity contribution in [3.05, 3.63) is 59.3 Å². The Hall–Kier alpha value is -2.35. The smallest absolute Gasteiger partial charge is 0.316 e. The van der Waals surface area contributed by atoms with Gasteiger partial charge in [0.2, 0.25) is 0 Å². The molecule has 20 atom stereocenters. The SMILES string of the molecule is CCC(C)[C@H]1O[C@]2(C=C[C@@H]1C)C[C@@H]1C[C@@H](C/C=C(\C)[C@@H](O[C@H]3C[C@H](OC)[C@@H](O[C@H]4C[C@H](OC)[C@H](NN(C)C)[C@H](C)O4)[C@H](C)O3)[C@@H](C)/C=C/C=C3\CO[C@@H]4[C@H](O)C(C)=C[C@@H](C(=O)O1)[C@]34O)O2. The number of allylic oxidation sites excluding steroid dienone is 2. The molecule has 0 amide bonds. The average Bonchev–Trinajstić information content (AvgIpc) is 3.61. The van der Waals surface area contributed by atoms with Crippen LogP contribution in [0, 0.1) is 23.7 Å². The summed E-state index contributed by atoms with van der Waals surface area (Å²) < 4.78 is 64.9. The normalized spacial score (nSPS) is 47.5. The summed E-state index contributed by atoms with van der Waals surface area (Å²) in [4.78, 5) is 14.4. The molecule has 1 spiro atoms. The van der Waals surface area contributed by atoms with Crippen molar-refractivity contribution in [1.82, 2.24) is 10.4 Å². The topological polar surface area (TPSA) is 165 Å². The van der Waals surface area contributed by atoms with Crippen LogP contribution in [-0.4, -0.2) is 153 Å². The van der Waals surface area contributed by atoms with Crippen molar-refractivity contribution >= 4 is 5.97 Å². The van der Waals surface area contributed by atoms with Gasteiger partial charge in [-0.15, -0.1) is 0 Å². The van der Waals surface area contributed by atoms with Gasteiger partial charge < -0.3 is 57.6 Å². The number of rotatable bonds is 10. The molecule has 7 rings (SSSR count). The lowest BCUT2D eigenvalue weighted by Crippen LogP contribution is -2.60. The molecular weight excluding hydrogens is 837 g/mol. The zero-order valence-electron chi connectivity index (χ0n) is 40.7. The van der Waals surface area contributed by atoms with E-state index in [9.17, 15) is 15.0 Å². The summed E-state index contributed by atoms with van der Waals surface area (Å²) in [6.07, 6.45) is 10.5. The molecule has 1 unspecified atom stereocenters. The van der Waals surface area contributed by atoms with Crippen LogP contribution in [0.3, 0.4) is 0 Å². The molecule has 2 bridgehead atoms. The van der Waals surface area contributed by atoms with E-state index >= 15 is 0 Å². The molecule has 0 aromatic carbocycles. The third-order valence-corrected chi connectivity index (χ3v) is 15.0. The van der Waals surface area contributed by atoms with Crippen molar-refractivity contribution in [3.8, 4) is 0 Å². The van der Waals surface area contributed by atoms with Gasteiger partial charge in [-0.05, 0) is 62.8 Å².